The van der Waals surface area contributed by atoms with E-state index in [1.807, 2.05) is 6.92 Å². The van der Waals surface area contributed by atoms with E-state index in [1.54, 1.807) is 0 Å². The van der Waals surface area contributed by atoms with E-state index in [0.717, 1.165) is 6.42 Å². The van der Waals surface area contributed by atoms with Crippen molar-refractivity contribution >= 4 is 11.8 Å². The molecular weight excluding hydrogens is 158 g/mol. The van der Waals surface area contributed by atoms with Crippen LogP contribution in [-0.4, -0.2) is 24.9 Å². The maximum absolute atomic E-state index is 11.0. The largest absolute Gasteiger partial charge is 0.465 e. The van der Waals surface area contributed by atoms with Crippen molar-refractivity contribution in [2.45, 2.75) is 20.3 Å². The molecule has 12 heavy (non-hydrogen) atoms. The van der Waals surface area contributed by atoms with Gasteiger partial charge in [-0.2, -0.15) is 0 Å². The Morgan fingerprint density at radius 1 is 1.50 bits per heavy atom. The van der Waals surface area contributed by atoms with Gasteiger partial charge in [0.25, 0.3) is 0 Å². The lowest BCUT2D eigenvalue weighted by atomic mass is 10.1. The molecule has 0 aromatic rings. The summed E-state index contributed by atoms with van der Waals surface area (Å²) in [6.07, 6.45) is 0.759. The van der Waals surface area contributed by atoms with Gasteiger partial charge in [-0.3, -0.25) is 9.59 Å². The minimum absolute atomic E-state index is 0.109. The molecular formula is C8H15NO3. The number of hydrogen-bond acceptors (Lipinski definition) is 4. The Labute approximate surface area is 72.1 Å². The summed E-state index contributed by atoms with van der Waals surface area (Å²) in [5.74, 6) is -1.48. The van der Waals surface area contributed by atoms with Gasteiger partial charge >= 0.3 is 5.97 Å². The summed E-state index contributed by atoms with van der Waals surface area (Å²) in [4.78, 5) is 21.9. The number of rotatable bonds is 5. The van der Waals surface area contributed by atoms with Crippen LogP contribution in [0, 0.1) is 5.92 Å². The lowest BCUT2D eigenvalue weighted by Gasteiger charge is -2.07. The molecule has 4 heteroatoms. The summed E-state index contributed by atoms with van der Waals surface area (Å²) in [6.45, 7) is 3.65. The van der Waals surface area contributed by atoms with Crippen molar-refractivity contribution in [2.75, 3.05) is 13.2 Å². The second-order valence-corrected chi connectivity index (χ2v) is 2.56. The van der Waals surface area contributed by atoms with E-state index in [9.17, 15) is 9.59 Å². The molecule has 0 heterocycles. The summed E-state index contributed by atoms with van der Waals surface area (Å²) < 4.78 is 4.76. The first-order valence-corrected chi connectivity index (χ1v) is 4.02. The number of carbonyl (C=O) groups excluding carboxylic acids is 2. The molecule has 0 saturated heterocycles. The van der Waals surface area contributed by atoms with Crippen molar-refractivity contribution in [3.63, 3.8) is 0 Å². The molecule has 2 N–H and O–H groups in total. The van der Waals surface area contributed by atoms with E-state index in [1.165, 1.54) is 6.92 Å². The molecule has 0 bridgehead atoms. The third-order valence-corrected chi connectivity index (χ3v) is 1.49. The van der Waals surface area contributed by atoms with Gasteiger partial charge < -0.3 is 10.5 Å². The molecule has 0 saturated carbocycles. The zero-order valence-electron chi connectivity index (χ0n) is 7.50. The zero-order chi connectivity index (χ0) is 9.56. The van der Waals surface area contributed by atoms with Gasteiger partial charge in [0.05, 0.1) is 13.2 Å². The summed E-state index contributed by atoms with van der Waals surface area (Å²) in [7, 11) is 0. The van der Waals surface area contributed by atoms with E-state index in [2.05, 4.69) is 0 Å². The van der Waals surface area contributed by atoms with Crippen molar-refractivity contribution in [1.29, 1.82) is 0 Å². The fourth-order valence-electron chi connectivity index (χ4n) is 0.636. The SMILES string of the molecule is CCCOC(=O)C(C)C(=O)CN. The highest BCUT2D eigenvalue weighted by Crippen LogP contribution is 1.99. The minimum Gasteiger partial charge on any atom is -0.465 e. The molecule has 1 atom stereocenters. The molecule has 1 unspecified atom stereocenters. The third kappa shape index (κ3) is 3.48. The van der Waals surface area contributed by atoms with Gasteiger partial charge in [0.2, 0.25) is 0 Å². The highest BCUT2D eigenvalue weighted by Gasteiger charge is 2.20. The number of nitrogens with two attached hydrogens (primary N) is 1. The third-order valence-electron chi connectivity index (χ3n) is 1.49. The van der Waals surface area contributed by atoms with Gasteiger partial charge in [0.1, 0.15) is 5.92 Å². The van der Waals surface area contributed by atoms with Gasteiger partial charge in [-0.1, -0.05) is 6.92 Å². The lowest BCUT2D eigenvalue weighted by molar-refractivity contribution is -0.151. The number of Topliss-reactive ketones (excluding diaryl/α,β-unsaturated/α-hetero) is 1. The predicted molar refractivity (Wildman–Crippen MR) is 44.5 cm³/mol. The van der Waals surface area contributed by atoms with Crippen molar-refractivity contribution in [1.82, 2.24) is 0 Å². The van der Waals surface area contributed by atoms with E-state index in [0.29, 0.717) is 6.61 Å². The Morgan fingerprint density at radius 2 is 2.08 bits per heavy atom. The maximum atomic E-state index is 11.0. The maximum Gasteiger partial charge on any atom is 0.316 e. The zero-order valence-corrected chi connectivity index (χ0v) is 7.50. The van der Waals surface area contributed by atoms with Gasteiger partial charge in [-0.05, 0) is 13.3 Å². The lowest BCUT2D eigenvalue weighted by Crippen LogP contribution is -2.28. The van der Waals surface area contributed by atoms with E-state index in [4.69, 9.17) is 10.5 Å². The average Bonchev–Trinajstić information content (AvgIpc) is 2.11. The number of ketones is 1. The van der Waals surface area contributed by atoms with Crippen molar-refractivity contribution in [2.24, 2.45) is 11.7 Å². The van der Waals surface area contributed by atoms with Gasteiger partial charge in [0, 0.05) is 0 Å². The molecule has 0 fully saturated rings. The van der Waals surface area contributed by atoms with Gasteiger partial charge in [0.15, 0.2) is 5.78 Å². The van der Waals surface area contributed by atoms with Crippen LogP contribution < -0.4 is 5.73 Å². The minimum atomic E-state index is -0.721. The molecule has 0 radical (unpaired) electrons. The van der Waals surface area contributed by atoms with Crippen LogP contribution >= 0.6 is 0 Å². The van der Waals surface area contributed by atoms with E-state index < -0.39 is 11.9 Å². The van der Waals surface area contributed by atoms with E-state index in [-0.39, 0.29) is 12.3 Å². The Kier molecular flexibility index (Phi) is 5.28. The normalized spacial score (nSPS) is 12.2. The van der Waals surface area contributed by atoms with Crippen LogP contribution in [0.4, 0.5) is 0 Å². The summed E-state index contributed by atoms with van der Waals surface area (Å²) in [5.41, 5.74) is 5.08. The van der Waals surface area contributed by atoms with Crippen LogP contribution in [0.2, 0.25) is 0 Å². The van der Waals surface area contributed by atoms with Crippen LogP contribution in [0.25, 0.3) is 0 Å². The Bertz CT molecular complexity index is 168. The van der Waals surface area contributed by atoms with Gasteiger partial charge in [-0.15, -0.1) is 0 Å². The van der Waals surface area contributed by atoms with Crippen LogP contribution in [0.5, 0.6) is 0 Å². The highest BCUT2D eigenvalue weighted by molar-refractivity contribution is 5.99. The topological polar surface area (TPSA) is 69.4 Å². The van der Waals surface area contributed by atoms with Crippen molar-refractivity contribution < 1.29 is 14.3 Å². The second-order valence-electron chi connectivity index (χ2n) is 2.56. The molecule has 70 valence electrons. The average molecular weight is 173 g/mol. The summed E-state index contributed by atoms with van der Waals surface area (Å²) in [5, 5.41) is 0. The Balaban J connectivity index is 3.84. The molecule has 0 aromatic carbocycles. The Morgan fingerprint density at radius 3 is 2.50 bits per heavy atom. The first-order valence-electron chi connectivity index (χ1n) is 4.02. The molecule has 0 aromatic heterocycles. The van der Waals surface area contributed by atoms with Crippen LogP contribution in [0.15, 0.2) is 0 Å². The second kappa shape index (κ2) is 5.71. The van der Waals surface area contributed by atoms with Crippen LogP contribution in [0.1, 0.15) is 20.3 Å². The first kappa shape index (κ1) is 11.1. The Hall–Kier alpha value is -0.900. The number of ether oxygens (including phenoxy) is 1. The predicted octanol–water partition coefficient (Wildman–Crippen LogP) is 0.104. The molecule has 0 aliphatic carbocycles. The van der Waals surface area contributed by atoms with Crippen LogP contribution in [-0.2, 0) is 14.3 Å². The summed E-state index contributed by atoms with van der Waals surface area (Å²) in [6, 6.07) is 0. The monoisotopic (exact) mass is 173 g/mol. The molecule has 0 amide bonds. The number of carbonyl (C=O) groups is 2. The molecule has 0 spiro atoms. The van der Waals surface area contributed by atoms with Crippen LogP contribution in [0.3, 0.4) is 0 Å². The highest BCUT2D eigenvalue weighted by atomic mass is 16.5. The molecule has 0 rings (SSSR count). The van der Waals surface area contributed by atoms with Crippen molar-refractivity contribution in [3.05, 3.63) is 0 Å². The fraction of sp³-hybridized carbons (Fsp3) is 0.750. The van der Waals surface area contributed by atoms with Gasteiger partial charge in [-0.25, -0.2) is 0 Å². The summed E-state index contributed by atoms with van der Waals surface area (Å²) >= 11 is 0. The first-order chi connectivity index (χ1) is 5.63. The number of esters is 1. The quantitative estimate of drug-likeness (QED) is 0.473. The number of hydrogen-bond donors (Lipinski definition) is 1. The molecule has 4 nitrogen and oxygen atoms in total. The van der Waals surface area contributed by atoms with E-state index >= 15 is 0 Å². The standard InChI is InChI=1S/C8H15NO3/c1-3-4-12-8(11)6(2)7(10)5-9/h6H,3-5,9H2,1-2H3. The molecule has 0 aliphatic heterocycles. The van der Waals surface area contributed by atoms with Crippen molar-refractivity contribution in [3.8, 4) is 0 Å². The molecule has 0 aliphatic rings. The smallest absolute Gasteiger partial charge is 0.316 e. The fourth-order valence-corrected chi connectivity index (χ4v) is 0.636.